The number of carboxylic acid groups (broad SMARTS) is 1. The van der Waals surface area contributed by atoms with Crippen LogP contribution in [0.4, 0.5) is 0 Å². The van der Waals surface area contributed by atoms with Gasteiger partial charge in [-0.25, -0.2) is 4.79 Å². The molecule has 118 valence electrons. The highest BCUT2D eigenvalue weighted by Crippen LogP contribution is 2.47. The third kappa shape index (κ3) is 3.49. The fraction of sp³-hybridized carbons (Fsp3) is 0.556. The first-order valence-electron chi connectivity index (χ1n) is 8.20. The maximum absolute atomic E-state index is 11.9. The van der Waals surface area contributed by atoms with E-state index in [1.807, 2.05) is 0 Å². The van der Waals surface area contributed by atoms with Crippen LogP contribution in [-0.2, 0) is 11.2 Å². The van der Waals surface area contributed by atoms with Gasteiger partial charge in [0, 0.05) is 13.0 Å². The van der Waals surface area contributed by atoms with E-state index in [0.29, 0.717) is 18.8 Å². The van der Waals surface area contributed by atoms with Crippen molar-refractivity contribution in [2.24, 2.45) is 17.8 Å². The summed E-state index contributed by atoms with van der Waals surface area (Å²) in [4.78, 5) is 22.7. The molecular formula is C18H23NO3. The molecule has 2 aliphatic carbocycles. The molecule has 0 saturated heterocycles. The lowest BCUT2D eigenvalue weighted by atomic mass is 9.89. The fourth-order valence-corrected chi connectivity index (χ4v) is 4.03. The second-order valence-electron chi connectivity index (χ2n) is 6.74. The summed E-state index contributed by atoms with van der Waals surface area (Å²) in [5.41, 5.74) is 1.28. The number of nitrogens with one attached hydrogen (secondary N) is 1. The molecule has 1 aromatic carbocycles. The van der Waals surface area contributed by atoms with Gasteiger partial charge in [-0.3, -0.25) is 4.79 Å². The van der Waals surface area contributed by atoms with Gasteiger partial charge < -0.3 is 10.4 Å². The summed E-state index contributed by atoms with van der Waals surface area (Å²) in [6.07, 6.45) is 6.52. The molecule has 0 radical (unpaired) electrons. The monoisotopic (exact) mass is 301 g/mol. The normalized spacial score (nSPS) is 26.1. The zero-order valence-corrected chi connectivity index (χ0v) is 12.8. The molecule has 4 heteroatoms. The maximum Gasteiger partial charge on any atom is 0.335 e. The van der Waals surface area contributed by atoms with Crippen LogP contribution in [0.15, 0.2) is 24.3 Å². The van der Waals surface area contributed by atoms with Gasteiger partial charge in [-0.2, -0.15) is 0 Å². The van der Waals surface area contributed by atoms with Crippen LogP contribution in [0.3, 0.4) is 0 Å². The van der Waals surface area contributed by atoms with Crippen molar-refractivity contribution in [2.75, 3.05) is 6.54 Å². The summed E-state index contributed by atoms with van der Waals surface area (Å²) >= 11 is 0. The van der Waals surface area contributed by atoms with Crippen molar-refractivity contribution in [3.05, 3.63) is 35.4 Å². The summed E-state index contributed by atoms with van der Waals surface area (Å²) in [5.74, 6) is 1.63. The average Bonchev–Trinajstić information content (AvgIpc) is 3.14. The number of hydrogen-bond donors (Lipinski definition) is 2. The lowest BCUT2D eigenvalue weighted by Gasteiger charge is -2.21. The van der Waals surface area contributed by atoms with Crippen molar-refractivity contribution in [1.29, 1.82) is 0 Å². The highest BCUT2D eigenvalue weighted by atomic mass is 16.4. The zero-order valence-electron chi connectivity index (χ0n) is 12.8. The Bertz CT molecular complexity index is 552. The largest absolute Gasteiger partial charge is 0.478 e. The molecular weight excluding hydrogens is 278 g/mol. The molecule has 2 fully saturated rings. The Balaban J connectivity index is 1.39. The zero-order chi connectivity index (χ0) is 15.5. The molecule has 2 bridgehead atoms. The van der Waals surface area contributed by atoms with Gasteiger partial charge in [0.2, 0.25) is 5.91 Å². The number of hydrogen-bond acceptors (Lipinski definition) is 2. The first-order valence-corrected chi connectivity index (χ1v) is 8.20. The van der Waals surface area contributed by atoms with Crippen LogP contribution in [0.5, 0.6) is 0 Å². The number of rotatable bonds is 6. The SMILES string of the molecule is O=C(CCc1ccc(C(=O)O)cc1)NCC1CC2CCC1C2. The van der Waals surface area contributed by atoms with Crippen molar-refractivity contribution in [3.63, 3.8) is 0 Å². The molecule has 2 saturated carbocycles. The molecule has 2 aliphatic rings. The summed E-state index contributed by atoms with van der Waals surface area (Å²) in [6, 6.07) is 6.75. The van der Waals surface area contributed by atoms with Crippen molar-refractivity contribution in [1.82, 2.24) is 5.32 Å². The minimum atomic E-state index is -0.921. The van der Waals surface area contributed by atoms with Crippen molar-refractivity contribution >= 4 is 11.9 Å². The van der Waals surface area contributed by atoms with E-state index in [-0.39, 0.29) is 11.5 Å². The van der Waals surface area contributed by atoms with E-state index in [1.54, 1.807) is 24.3 Å². The van der Waals surface area contributed by atoms with E-state index in [0.717, 1.165) is 23.9 Å². The van der Waals surface area contributed by atoms with Crippen molar-refractivity contribution in [3.8, 4) is 0 Å². The van der Waals surface area contributed by atoms with Crippen LogP contribution in [0.25, 0.3) is 0 Å². The Morgan fingerprint density at radius 1 is 1.14 bits per heavy atom. The Morgan fingerprint density at radius 3 is 2.50 bits per heavy atom. The second-order valence-corrected chi connectivity index (χ2v) is 6.74. The molecule has 22 heavy (non-hydrogen) atoms. The lowest BCUT2D eigenvalue weighted by molar-refractivity contribution is -0.121. The number of aryl methyl sites for hydroxylation is 1. The van der Waals surface area contributed by atoms with Gasteiger partial charge >= 0.3 is 5.97 Å². The van der Waals surface area contributed by atoms with E-state index in [9.17, 15) is 9.59 Å². The Kier molecular flexibility index (Phi) is 4.46. The molecule has 1 amide bonds. The predicted octanol–water partition coefficient (Wildman–Crippen LogP) is 2.87. The molecule has 2 N–H and O–H groups in total. The van der Waals surface area contributed by atoms with Crippen LogP contribution in [0, 0.1) is 17.8 Å². The fourth-order valence-electron chi connectivity index (χ4n) is 4.03. The minimum absolute atomic E-state index is 0.102. The Labute approximate surface area is 130 Å². The van der Waals surface area contributed by atoms with Crippen molar-refractivity contribution < 1.29 is 14.7 Å². The molecule has 3 unspecified atom stereocenters. The first kappa shape index (κ1) is 15.1. The van der Waals surface area contributed by atoms with Crippen LogP contribution >= 0.6 is 0 Å². The lowest BCUT2D eigenvalue weighted by Crippen LogP contribution is -2.31. The smallest absolute Gasteiger partial charge is 0.335 e. The topological polar surface area (TPSA) is 66.4 Å². The third-order valence-corrected chi connectivity index (χ3v) is 5.29. The molecule has 0 aliphatic heterocycles. The summed E-state index contributed by atoms with van der Waals surface area (Å²) in [5, 5.41) is 11.9. The van der Waals surface area contributed by atoms with Gasteiger partial charge in [0.05, 0.1) is 5.56 Å². The molecule has 3 atom stereocenters. The predicted molar refractivity (Wildman–Crippen MR) is 83.7 cm³/mol. The Hall–Kier alpha value is -1.84. The number of amides is 1. The van der Waals surface area contributed by atoms with Gasteiger partial charge in [-0.05, 0) is 61.1 Å². The quantitative estimate of drug-likeness (QED) is 0.849. The first-order chi connectivity index (χ1) is 10.6. The summed E-state index contributed by atoms with van der Waals surface area (Å²) in [7, 11) is 0. The van der Waals surface area contributed by atoms with Gasteiger partial charge in [-0.15, -0.1) is 0 Å². The van der Waals surface area contributed by atoms with Gasteiger partial charge in [-0.1, -0.05) is 18.6 Å². The van der Waals surface area contributed by atoms with E-state index in [4.69, 9.17) is 5.11 Å². The number of aromatic carboxylic acids is 1. The molecule has 0 aromatic heterocycles. The Morgan fingerprint density at radius 2 is 1.91 bits per heavy atom. The second kappa shape index (κ2) is 6.51. The number of carbonyl (C=O) groups is 2. The molecule has 4 nitrogen and oxygen atoms in total. The van der Waals surface area contributed by atoms with E-state index in [1.165, 1.54) is 25.7 Å². The maximum atomic E-state index is 11.9. The molecule has 1 aromatic rings. The van der Waals surface area contributed by atoms with Crippen molar-refractivity contribution in [2.45, 2.75) is 38.5 Å². The molecule has 0 spiro atoms. The van der Waals surface area contributed by atoms with Gasteiger partial charge in [0.1, 0.15) is 0 Å². The highest BCUT2D eigenvalue weighted by molar-refractivity contribution is 5.87. The van der Waals surface area contributed by atoms with Crippen LogP contribution in [0.2, 0.25) is 0 Å². The van der Waals surface area contributed by atoms with Gasteiger partial charge in [0.15, 0.2) is 0 Å². The summed E-state index contributed by atoms with van der Waals surface area (Å²) in [6.45, 7) is 0.831. The third-order valence-electron chi connectivity index (χ3n) is 5.29. The average molecular weight is 301 g/mol. The van der Waals surface area contributed by atoms with Crippen LogP contribution in [0.1, 0.15) is 48.0 Å². The van der Waals surface area contributed by atoms with Crippen LogP contribution < -0.4 is 5.32 Å². The van der Waals surface area contributed by atoms with Gasteiger partial charge in [0.25, 0.3) is 0 Å². The standard InChI is InChI=1S/C18H23NO3/c20-17(19-11-16-10-13-3-7-15(16)9-13)8-4-12-1-5-14(6-2-12)18(21)22/h1-2,5-6,13,15-16H,3-4,7-11H2,(H,19,20)(H,21,22). The molecule has 3 rings (SSSR count). The van der Waals surface area contributed by atoms with Crippen LogP contribution in [-0.4, -0.2) is 23.5 Å². The number of fused-ring (bicyclic) bond motifs is 2. The minimum Gasteiger partial charge on any atom is -0.478 e. The number of carboxylic acids is 1. The number of benzene rings is 1. The summed E-state index contributed by atoms with van der Waals surface area (Å²) < 4.78 is 0. The number of carbonyl (C=O) groups excluding carboxylic acids is 1. The highest BCUT2D eigenvalue weighted by Gasteiger charge is 2.39. The van der Waals surface area contributed by atoms with E-state index >= 15 is 0 Å². The van der Waals surface area contributed by atoms with E-state index in [2.05, 4.69) is 5.32 Å². The van der Waals surface area contributed by atoms with E-state index < -0.39 is 5.97 Å². The molecule has 0 heterocycles.